The summed E-state index contributed by atoms with van der Waals surface area (Å²) in [5.41, 5.74) is 2.90. The molecular weight excluding hydrogens is 270 g/mol. The van der Waals surface area contributed by atoms with Crippen LogP contribution in [0.2, 0.25) is 0 Å². The van der Waals surface area contributed by atoms with Crippen LogP contribution >= 0.6 is 0 Å². The van der Waals surface area contributed by atoms with Crippen LogP contribution in [0.1, 0.15) is 21.7 Å². The number of carbonyl (C=O) groups is 1. The van der Waals surface area contributed by atoms with Gasteiger partial charge in [-0.05, 0) is 19.9 Å². The van der Waals surface area contributed by atoms with Gasteiger partial charge in [-0.25, -0.2) is 9.50 Å². The molecule has 3 rings (SSSR count). The number of aromatic nitrogens is 3. The van der Waals surface area contributed by atoms with E-state index < -0.39 is 0 Å². The van der Waals surface area contributed by atoms with Gasteiger partial charge in [0.2, 0.25) is 0 Å². The Kier molecular flexibility index (Phi) is 3.60. The Balaban J connectivity index is 1.88. The van der Waals surface area contributed by atoms with E-state index in [0.29, 0.717) is 17.8 Å². The van der Waals surface area contributed by atoms with Crippen molar-refractivity contribution in [2.45, 2.75) is 26.0 Å². The van der Waals surface area contributed by atoms with Gasteiger partial charge in [-0.2, -0.15) is 5.10 Å². The lowest BCUT2D eigenvalue weighted by molar-refractivity contribution is 0.0781. The predicted molar refractivity (Wildman–Crippen MR) is 77.4 cm³/mol. The normalized spacial score (nSPS) is 21.9. The molecule has 1 fully saturated rings. The smallest absolute Gasteiger partial charge is 0.257 e. The summed E-state index contributed by atoms with van der Waals surface area (Å²) in [6, 6.07) is 1.90. The number of methoxy groups -OCH3 is 1. The molecule has 2 aromatic heterocycles. The van der Waals surface area contributed by atoms with Gasteiger partial charge in [0.15, 0.2) is 5.65 Å². The van der Waals surface area contributed by atoms with Crippen molar-refractivity contribution in [3.05, 3.63) is 29.2 Å². The molecule has 1 saturated heterocycles. The van der Waals surface area contributed by atoms with Crippen LogP contribution in [-0.2, 0) is 4.74 Å². The molecule has 1 unspecified atom stereocenters. The first-order valence-corrected chi connectivity index (χ1v) is 6.96. The van der Waals surface area contributed by atoms with Gasteiger partial charge in [0, 0.05) is 31.6 Å². The second-order valence-corrected chi connectivity index (χ2v) is 5.34. The number of hydrogen-bond donors (Lipinski definition) is 2. The zero-order valence-electron chi connectivity index (χ0n) is 12.4. The largest absolute Gasteiger partial charge is 0.378 e. The van der Waals surface area contributed by atoms with E-state index in [-0.39, 0.29) is 18.1 Å². The average Bonchev–Trinajstić information content (AvgIpc) is 3.04. The first-order chi connectivity index (χ1) is 10.1. The summed E-state index contributed by atoms with van der Waals surface area (Å²) < 4.78 is 7.04. The maximum Gasteiger partial charge on any atom is 0.257 e. The van der Waals surface area contributed by atoms with E-state index >= 15 is 0 Å². The lowest BCUT2D eigenvalue weighted by Crippen LogP contribution is -2.43. The van der Waals surface area contributed by atoms with E-state index in [1.54, 1.807) is 17.8 Å². The number of carbonyl (C=O) groups excluding carboxylic acids is 1. The quantitative estimate of drug-likeness (QED) is 0.835. The lowest BCUT2D eigenvalue weighted by atomic mass is 10.2. The van der Waals surface area contributed by atoms with Crippen molar-refractivity contribution in [1.82, 2.24) is 25.2 Å². The van der Waals surface area contributed by atoms with E-state index in [1.165, 1.54) is 0 Å². The minimum atomic E-state index is -0.168. The molecule has 0 spiro atoms. The highest BCUT2D eigenvalue weighted by Crippen LogP contribution is 2.13. The molecule has 0 saturated carbocycles. The summed E-state index contributed by atoms with van der Waals surface area (Å²) in [6.45, 7) is 5.29. The van der Waals surface area contributed by atoms with E-state index in [0.717, 1.165) is 17.9 Å². The highest BCUT2D eigenvalue weighted by molar-refractivity contribution is 5.99. The third kappa shape index (κ3) is 2.50. The Morgan fingerprint density at radius 2 is 2.29 bits per heavy atom. The molecule has 2 aromatic rings. The SMILES string of the molecule is CO[C@H]1CNCC1NC(=O)c1cnn2c(C)cc(C)nc12. The molecule has 2 atom stereocenters. The number of ether oxygens (including phenoxy) is 1. The van der Waals surface area contributed by atoms with Crippen LogP contribution in [-0.4, -0.2) is 52.9 Å². The average molecular weight is 289 g/mol. The van der Waals surface area contributed by atoms with Crippen molar-refractivity contribution in [3.63, 3.8) is 0 Å². The standard InChI is InChI=1S/C14H19N5O2/c1-8-4-9(2)19-13(17-8)10(5-16-19)14(20)18-11-6-15-7-12(11)21-3/h4-5,11-12,15H,6-7H2,1-3H3,(H,18,20)/t11?,12-/m0/s1. The van der Waals surface area contributed by atoms with Crippen molar-refractivity contribution in [2.24, 2.45) is 0 Å². The topological polar surface area (TPSA) is 80.5 Å². The number of nitrogens with one attached hydrogen (secondary N) is 2. The fourth-order valence-corrected chi connectivity index (χ4v) is 2.72. The Bertz CT molecular complexity index is 681. The molecule has 3 heterocycles. The van der Waals surface area contributed by atoms with Gasteiger partial charge in [-0.1, -0.05) is 0 Å². The van der Waals surface area contributed by atoms with E-state index in [4.69, 9.17) is 4.74 Å². The number of amides is 1. The van der Waals surface area contributed by atoms with Crippen LogP contribution in [0.5, 0.6) is 0 Å². The summed E-state index contributed by atoms with van der Waals surface area (Å²) in [7, 11) is 1.65. The Morgan fingerprint density at radius 3 is 3.05 bits per heavy atom. The minimum absolute atomic E-state index is 0.00720. The van der Waals surface area contributed by atoms with Gasteiger partial charge in [0.1, 0.15) is 5.56 Å². The molecule has 21 heavy (non-hydrogen) atoms. The second kappa shape index (κ2) is 5.42. The fourth-order valence-electron chi connectivity index (χ4n) is 2.72. The third-order valence-electron chi connectivity index (χ3n) is 3.80. The summed E-state index contributed by atoms with van der Waals surface area (Å²) >= 11 is 0. The van der Waals surface area contributed by atoms with Gasteiger partial charge in [-0.3, -0.25) is 4.79 Å². The molecule has 1 aliphatic heterocycles. The molecule has 7 heteroatoms. The highest BCUT2D eigenvalue weighted by Gasteiger charge is 2.29. The van der Waals surface area contributed by atoms with E-state index in [2.05, 4.69) is 20.7 Å². The van der Waals surface area contributed by atoms with Gasteiger partial charge in [0.05, 0.1) is 18.3 Å². The van der Waals surface area contributed by atoms with Crippen LogP contribution in [0.25, 0.3) is 5.65 Å². The van der Waals surface area contributed by atoms with Gasteiger partial charge >= 0.3 is 0 Å². The Labute approximate surface area is 122 Å². The number of hydrogen-bond acceptors (Lipinski definition) is 5. The molecule has 112 valence electrons. The predicted octanol–water partition coefficient (Wildman–Crippen LogP) is 0.0627. The zero-order chi connectivity index (χ0) is 15.0. The molecule has 0 aliphatic carbocycles. The summed E-state index contributed by atoms with van der Waals surface area (Å²) in [5, 5.41) is 10.4. The fraction of sp³-hybridized carbons (Fsp3) is 0.500. The summed E-state index contributed by atoms with van der Waals surface area (Å²) in [5.74, 6) is -0.168. The zero-order valence-corrected chi connectivity index (χ0v) is 12.4. The first-order valence-electron chi connectivity index (χ1n) is 6.96. The molecule has 0 bridgehead atoms. The van der Waals surface area contributed by atoms with Crippen molar-refractivity contribution in [1.29, 1.82) is 0 Å². The first kappa shape index (κ1) is 14.0. The minimum Gasteiger partial charge on any atom is -0.378 e. The second-order valence-electron chi connectivity index (χ2n) is 5.34. The van der Waals surface area contributed by atoms with Crippen LogP contribution in [0.15, 0.2) is 12.3 Å². The van der Waals surface area contributed by atoms with Crippen LogP contribution < -0.4 is 10.6 Å². The molecule has 7 nitrogen and oxygen atoms in total. The van der Waals surface area contributed by atoms with Gasteiger partial charge in [0.25, 0.3) is 5.91 Å². The molecular formula is C14H19N5O2. The molecule has 2 N–H and O–H groups in total. The van der Waals surface area contributed by atoms with Crippen LogP contribution in [0.4, 0.5) is 0 Å². The van der Waals surface area contributed by atoms with Crippen molar-refractivity contribution in [3.8, 4) is 0 Å². The summed E-state index contributed by atoms with van der Waals surface area (Å²) in [4.78, 5) is 16.9. The van der Waals surface area contributed by atoms with Gasteiger partial charge < -0.3 is 15.4 Å². The highest BCUT2D eigenvalue weighted by atomic mass is 16.5. The number of fused-ring (bicyclic) bond motifs is 1. The maximum absolute atomic E-state index is 12.5. The lowest BCUT2D eigenvalue weighted by Gasteiger charge is -2.18. The number of nitrogens with zero attached hydrogens (tertiary/aromatic N) is 3. The van der Waals surface area contributed by atoms with Crippen LogP contribution in [0, 0.1) is 13.8 Å². The summed E-state index contributed by atoms with van der Waals surface area (Å²) in [6.07, 6.45) is 1.56. The van der Waals surface area contributed by atoms with Crippen molar-refractivity contribution in [2.75, 3.05) is 20.2 Å². The van der Waals surface area contributed by atoms with E-state index in [1.807, 2.05) is 19.9 Å². The third-order valence-corrected chi connectivity index (χ3v) is 3.80. The van der Waals surface area contributed by atoms with E-state index in [9.17, 15) is 4.79 Å². The van der Waals surface area contributed by atoms with Crippen molar-refractivity contribution < 1.29 is 9.53 Å². The Morgan fingerprint density at radius 1 is 1.48 bits per heavy atom. The number of aryl methyl sites for hydroxylation is 2. The monoisotopic (exact) mass is 289 g/mol. The number of rotatable bonds is 3. The molecule has 1 amide bonds. The van der Waals surface area contributed by atoms with Crippen molar-refractivity contribution >= 4 is 11.6 Å². The van der Waals surface area contributed by atoms with Crippen LogP contribution in [0.3, 0.4) is 0 Å². The Hall–Kier alpha value is -1.99. The molecule has 0 aromatic carbocycles. The maximum atomic E-state index is 12.5. The molecule has 0 radical (unpaired) electrons. The molecule has 1 aliphatic rings. The van der Waals surface area contributed by atoms with Gasteiger partial charge in [-0.15, -0.1) is 0 Å².